The molecule has 19 heavy (non-hydrogen) atoms. The Balaban J connectivity index is 2.46. The smallest absolute Gasteiger partial charge is 0.222 e. The van der Waals surface area contributed by atoms with Crippen molar-refractivity contribution in [2.45, 2.75) is 53.4 Å². The molecule has 0 radical (unpaired) electrons. The van der Waals surface area contributed by atoms with Crippen molar-refractivity contribution in [3.05, 3.63) is 0 Å². The van der Waals surface area contributed by atoms with E-state index in [1.54, 1.807) is 0 Å². The van der Waals surface area contributed by atoms with E-state index in [0.717, 1.165) is 25.9 Å². The van der Waals surface area contributed by atoms with Gasteiger partial charge in [-0.2, -0.15) is 0 Å². The number of aliphatic hydroxyl groups is 1. The molecule has 1 aliphatic rings. The van der Waals surface area contributed by atoms with Crippen LogP contribution in [0.1, 0.15) is 53.4 Å². The molecule has 0 bridgehead atoms. The van der Waals surface area contributed by atoms with Crippen molar-refractivity contribution in [2.75, 3.05) is 19.7 Å². The van der Waals surface area contributed by atoms with E-state index in [1.807, 2.05) is 4.90 Å². The molecule has 1 aliphatic heterocycles. The molecular weight excluding hydrogens is 238 g/mol. The van der Waals surface area contributed by atoms with Crippen molar-refractivity contribution < 1.29 is 9.90 Å². The summed E-state index contributed by atoms with van der Waals surface area (Å²) in [5, 5.41) is 9.55. The van der Waals surface area contributed by atoms with Gasteiger partial charge in [-0.3, -0.25) is 4.79 Å². The first-order valence-corrected chi connectivity index (χ1v) is 7.82. The molecule has 2 unspecified atom stereocenters. The van der Waals surface area contributed by atoms with E-state index >= 15 is 0 Å². The predicted molar refractivity (Wildman–Crippen MR) is 78.8 cm³/mol. The summed E-state index contributed by atoms with van der Waals surface area (Å²) in [6.45, 7) is 10.6. The Hall–Kier alpha value is -0.570. The number of carbonyl (C=O) groups excluding carboxylic acids is 1. The third-order valence-corrected chi connectivity index (χ3v) is 4.19. The van der Waals surface area contributed by atoms with Crippen molar-refractivity contribution in [1.82, 2.24) is 4.90 Å². The van der Waals surface area contributed by atoms with Gasteiger partial charge < -0.3 is 10.0 Å². The monoisotopic (exact) mass is 269 g/mol. The lowest BCUT2D eigenvalue weighted by Gasteiger charge is -2.38. The Morgan fingerprint density at radius 3 is 2.42 bits per heavy atom. The van der Waals surface area contributed by atoms with Crippen LogP contribution in [0.4, 0.5) is 0 Å². The fourth-order valence-corrected chi connectivity index (χ4v) is 3.00. The molecule has 112 valence electrons. The Bertz CT molecular complexity index is 276. The number of rotatable bonds is 6. The van der Waals surface area contributed by atoms with Crippen molar-refractivity contribution >= 4 is 5.91 Å². The summed E-state index contributed by atoms with van der Waals surface area (Å²) < 4.78 is 0. The Morgan fingerprint density at radius 1 is 1.21 bits per heavy atom. The SMILES string of the molecule is CC(C)CCC(=O)N1CCC(CC(C)C)C(CO)C1. The van der Waals surface area contributed by atoms with Crippen LogP contribution in [0.25, 0.3) is 0 Å². The zero-order valence-corrected chi connectivity index (χ0v) is 13.1. The molecule has 3 nitrogen and oxygen atoms in total. The second-order valence-corrected chi connectivity index (χ2v) is 6.89. The van der Waals surface area contributed by atoms with Gasteiger partial charge in [0.1, 0.15) is 0 Å². The van der Waals surface area contributed by atoms with Crippen molar-refractivity contribution in [3.8, 4) is 0 Å². The Kier molecular flexibility index (Phi) is 6.84. The number of hydrogen-bond donors (Lipinski definition) is 1. The van der Waals surface area contributed by atoms with Gasteiger partial charge in [-0.25, -0.2) is 0 Å². The fourth-order valence-electron chi connectivity index (χ4n) is 3.00. The molecular formula is C16H31NO2. The molecule has 3 heteroatoms. The van der Waals surface area contributed by atoms with Gasteiger partial charge in [-0.15, -0.1) is 0 Å². The topological polar surface area (TPSA) is 40.5 Å². The van der Waals surface area contributed by atoms with Gasteiger partial charge >= 0.3 is 0 Å². The molecule has 1 rings (SSSR count). The molecule has 0 aliphatic carbocycles. The van der Waals surface area contributed by atoms with Crippen LogP contribution in [0.2, 0.25) is 0 Å². The van der Waals surface area contributed by atoms with Gasteiger partial charge in [-0.1, -0.05) is 27.7 Å². The van der Waals surface area contributed by atoms with Crippen LogP contribution < -0.4 is 0 Å². The standard InChI is InChI=1S/C16H31NO2/c1-12(2)5-6-16(19)17-8-7-14(9-13(3)4)15(10-17)11-18/h12-15,18H,5-11H2,1-4H3. The van der Waals surface area contributed by atoms with Crippen LogP contribution in [-0.2, 0) is 4.79 Å². The van der Waals surface area contributed by atoms with Crippen LogP contribution in [0, 0.1) is 23.7 Å². The maximum Gasteiger partial charge on any atom is 0.222 e. The third kappa shape index (κ3) is 5.52. The van der Waals surface area contributed by atoms with E-state index in [4.69, 9.17) is 0 Å². The lowest BCUT2D eigenvalue weighted by atomic mass is 9.80. The van der Waals surface area contributed by atoms with Crippen LogP contribution in [0.15, 0.2) is 0 Å². The fraction of sp³-hybridized carbons (Fsp3) is 0.938. The van der Waals surface area contributed by atoms with Crippen LogP contribution in [0.5, 0.6) is 0 Å². The van der Waals surface area contributed by atoms with Gasteiger partial charge in [0.15, 0.2) is 0 Å². The summed E-state index contributed by atoms with van der Waals surface area (Å²) in [6.07, 6.45) is 3.84. The van der Waals surface area contributed by atoms with E-state index in [0.29, 0.717) is 24.2 Å². The van der Waals surface area contributed by atoms with Crippen molar-refractivity contribution in [2.24, 2.45) is 23.7 Å². The third-order valence-electron chi connectivity index (χ3n) is 4.19. The molecule has 1 saturated heterocycles. The Morgan fingerprint density at radius 2 is 1.89 bits per heavy atom. The highest BCUT2D eigenvalue weighted by Gasteiger charge is 2.31. The number of hydrogen-bond acceptors (Lipinski definition) is 2. The highest BCUT2D eigenvalue weighted by molar-refractivity contribution is 5.76. The zero-order valence-electron chi connectivity index (χ0n) is 13.1. The lowest BCUT2D eigenvalue weighted by molar-refractivity contribution is -0.134. The van der Waals surface area contributed by atoms with Gasteiger partial charge in [-0.05, 0) is 37.0 Å². The van der Waals surface area contributed by atoms with E-state index in [9.17, 15) is 9.90 Å². The number of nitrogens with zero attached hydrogens (tertiary/aromatic N) is 1. The molecule has 1 fully saturated rings. The largest absolute Gasteiger partial charge is 0.396 e. The predicted octanol–water partition coefficient (Wildman–Crippen LogP) is 2.93. The minimum Gasteiger partial charge on any atom is -0.396 e. The van der Waals surface area contributed by atoms with E-state index in [-0.39, 0.29) is 18.4 Å². The first-order chi connectivity index (χ1) is 8.93. The van der Waals surface area contributed by atoms with Crippen LogP contribution in [-0.4, -0.2) is 35.6 Å². The summed E-state index contributed by atoms with van der Waals surface area (Å²) in [7, 11) is 0. The van der Waals surface area contributed by atoms with Gasteiger partial charge in [0.2, 0.25) is 5.91 Å². The normalized spacial score (nSPS) is 24.3. The molecule has 0 saturated carbocycles. The average molecular weight is 269 g/mol. The minimum atomic E-state index is 0.214. The first-order valence-electron chi connectivity index (χ1n) is 7.82. The molecule has 2 atom stereocenters. The van der Waals surface area contributed by atoms with Gasteiger partial charge in [0, 0.05) is 32.0 Å². The maximum atomic E-state index is 12.1. The molecule has 0 aromatic carbocycles. The second kappa shape index (κ2) is 7.88. The maximum absolute atomic E-state index is 12.1. The van der Waals surface area contributed by atoms with Gasteiger partial charge in [0.05, 0.1) is 0 Å². The zero-order chi connectivity index (χ0) is 14.4. The summed E-state index contributed by atoms with van der Waals surface area (Å²) in [5.74, 6) is 2.38. The van der Waals surface area contributed by atoms with Crippen LogP contribution in [0.3, 0.4) is 0 Å². The van der Waals surface area contributed by atoms with Crippen LogP contribution >= 0.6 is 0 Å². The molecule has 0 aromatic heterocycles. The highest BCUT2D eigenvalue weighted by atomic mass is 16.3. The number of carbonyl (C=O) groups is 1. The number of piperidine rings is 1. The van der Waals surface area contributed by atoms with E-state index in [2.05, 4.69) is 27.7 Å². The first kappa shape index (κ1) is 16.5. The number of aliphatic hydroxyl groups excluding tert-OH is 1. The average Bonchev–Trinajstić information content (AvgIpc) is 2.35. The molecule has 1 amide bonds. The Labute approximate surface area is 118 Å². The van der Waals surface area contributed by atoms with Gasteiger partial charge in [0.25, 0.3) is 0 Å². The summed E-state index contributed by atoms with van der Waals surface area (Å²) in [6, 6.07) is 0. The molecule has 0 aromatic rings. The highest BCUT2D eigenvalue weighted by Crippen LogP contribution is 2.29. The lowest BCUT2D eigenvalue weighted by Crippen LogP contribution is -2.45. The van der Waals surface area contributed by atoms with E-state index < -0.39 is 0 Å². The second-order valence-electron chi connectivity index (χ2n) is 6.89. The quantitative estimate of drug-likeness (QED) is 0.805. The summed E-state index contributed by atoms with van der Waals surface area (Å²) in [4.78, 5) is 14.1. The number of likely N-dealkylation sites (tertiary alicyclic amines) is 1. The molecule has 1 heterocycles. The van der Waals surface area contributed by atoms with Crippen molar-refractivity contribution in [3.63, 3.8) is 0 Å². The number of amides is 1. The summed E-state index contributed by atoms with van der Waals surface area (Å²) in [5.41, 5.74) is 0. The van der Waals surface area contributed by atoms with E-state index in [1.165, 1.54) is 6.42 Å². The summed E-state index contributed by atoms with van der Waals surface area (Å²) >= 11 is 0. The minimum absolute atomic E-state index is 0.214. The van der Waals surface area contributed by atoms with Crippen molar-refractivity contribution in [1.29, 1.82) is 0 Å². The molecule has 1 N–H and O–H groups in total. The molecule has 0 spiro atoms.